The molecule has 0 amide bonds. The summed E-state index contributed by atoms with van der Waals surface area (Å²) in [4.78, 5) is 12.0. The van der Waals surface area contributed by atoms with E-state index in [0.29, 0.717) is 5.92 Å². The molecule has 2 rings (SSSR count). The molecular weight excluding hydrogens is 280 g/mol. The largest absolute Gasteiger partial charge is 0.373 e. The molecule has 0 aliphatic carbocycles. The number of nitrogens with one attached hydrogen (secondary N) is 2. The van der Waals surface area contributed by atoms with Gasteiger partial charge < -0.3 is 10.6 Å². The maximum Gasteiger partial charge on any atom is 0.135 e. The van der Waals surface area contributed by atoms with Gasteiger partial charge >= 0.3 is 0 Å². The normalized spacial score (nSPS) is 11.0. The minimum Gasteiger partial charge on any atom is -0.373 e. The summed E-state index contributed by atoms with van der Waals surface area (Å²) in [6.45, 7) is 9.26. The van der Waals surface area contributed by atoms with Crippen LogP contribution in [0, 0.1) is 6.92 Å². The molecule has 114 valence electrons. The molecule has 0 aromatic carbocycles. The van der Waals surface area contributed by atoms with Gasteiger partial charge in [0.25, 0.3) is 0 Å². The second kappa shape index (κ2) is 6.89. The van der Waals surface area contributed by atoms with Crippen molar-refractivity contribution in [1.82, 2.24) is 9.97 Å². The molecule has 21 heavy (non-hydrogen) atoms. The summed E-state index contributed by atoms with van der Waals surface area (Å²) in [5.41, 5.74) is 1.06. The molecule has 0 saturated heterocycles. The van der Waals surface area contributed by atoms with Crippen LogP contribution in [0.15, 0.2) is 12.1 Å². The number of aromatic nitrogens is 2. The van der Waals surface area contributed by atoms with Gasteiger partial charge in [-0.3, -0.25) is 0 Å². The number of rotatable bonds is 6. The Labute approximate surface area is 131 Å². The lowest BCUT2D eigenvalue weighted by Crippen LogP contribution is -2.10. The highest BCUT2D eigenvalue weighted by molar-refractivity contribution is 7.12. The SMILES string of the molecule is CCc1ccc(CNc2nc(C(C)C)nc(NC)c2C)s1. The van der Waals surface area contributed by atoms with Crippen LogP contribution in [-0.4, -0.2) is 17.0 Å². The molecule has 0 spiro atoms. The van der Waals surface area contributed by atoms with Gasteiger partial charge in [-0.2, -0.15) is 0 Å². The summed E-state index contributed by atoms with van der Waals surface area (Å²) in [5, 5.41) is 6.61. The Morgan fingerprint density at radius 1 is 1.14 bits per heavy atom. The average molecular weight is 304 g/mol. The second-order valence-corrected chi connectivity index (χ2v) is 6.64. The topological polar surface area (TPSA) is 49.8 Å². The monoisotopic (exact) mass is 304 g/mol. The van der Waals surface area contributed by atoms with Crippen LogP contribution in [0.3, 0.4) is 0 Å². The van der Waals surface area contributed by atoms with Crippen LogP contribution >= 0.6 is 11.3 Å². The van der Waals surface area contributed by atoms with E-state index in [-0.39, 0.29) is 0 Å². The minimum atomic E-state index is 0.312. The Morgan fingerprint density at radius 3 is 2.38 bits per heavy atom. The third kappa shape index (κ3) is 3.73. The molecule has 2 heterocycles. The predicted octanol–water partition coefficient (Wildman–Crippen LogP) is 4.19. The van der Waals surface area contributed by atoms with Gasteiger partial charge in [-0.15, -0.1) is 11.3 Å². The number of nitrogens with zero attached hydrogens (tertiary/aromatic N) is 2. The van der Waals surface area contributed by atoms with E-state index in [1.54, 1.807) is 0 Å². The van der Waals surface area contributed by atoms with Crippen LogP contribution in [0.25, 0.3) is 0 Å². The molecule has 2 aromatic heterocycles. The molecule has 0 aliphatic heterocycles. The first-order chi connectivity index (χ1) is 10.0. The Hall–Kier alpha value is -1.62. The highest BCUT2D eigenvalue weighted by atomic mass is 32.1. The van der Waals surface area contributed by atoms with Crippen molar-refractivity contribution in [3.63, 3.8) is 0 Å². The second-order valence-electron chi connectivity index (χ2n) is 5.38. The van der Waals surface area contributed by atoms with Crippen LogP contribution in [0.4, 0.5) is 11.6 Å². The van der Waals surface area contributed by atoms with Crippen molar-refractivity contribution in [3.05, 3.63) is 33.3 Å². The summed E-state index contributed by atoms with van der Waals surface area (Å²) in [7, 11) is 1.90. The van der Waals surface area contributed by atoms with E-state index in [0.717, 1.165) is 36.0 Å². The third-order valence-corrected chi connectivity index (χ3v) is 4.64. The van der Waals surface area contributed by atoms with Gasteiger partial charge in [-0.1, -0.05) is 20.8 Å². The molecule has 0 aliphatic rings. The first-order valence-corrected chi connectivity index (χ1v) is 8.24. The lowest BCUT2D eigenvalue weighted by Gasteiger charge is -2.14. The summed E-state index contributed by atoms with van der Waals surface area (Å²) in [6.07, 6.45) is 1.10. The molecule has 0 radical (unpaired) electrons. The van der Waals surface area contributed by atoms with Gasteiger partial charge in [-0.05, 0) is 25.5 Å². The molecular formula is C16H24N4S. The Bertz CT molecular complexity index is 604. The number of hydrogen-bond acceptors (Lipinski definition) is 5. The van der Waals surface area contributed by atoms with Crippen LogP contribution in [0.1, 0.15) is 47.8 Å². The van der Waals surface area contributed by atoms with Crippen LogP contribution in [0.5, 0.6) is 0 Å². The maximum absolute atomic E-state index is 4.66. The van der Waals surface area contributed by atoms with Crippen molar-refractivity contribution in [1.29, 1.82) is 0 Å². The molecule has 5 heteroatoms. The van der Waals surface area contributed by atoms with Crippen molar-refractivity contribution in [3.8, 4) is 0 Å². The summed E-state index contributed by atoms with van der Waals surface area (Å²) in [6, 6.07) is 4.39. The Morgan fingerprint density at radius 2 is 1.81 bits per heavy atom. The van der Waals surface area contributed by atoms with Crippen molar-refractivity contribution >= 4 is 23.0 Å². The minimum absolute atomic E-state index is 0.312. The third-order valence-electron chi connectivity index (χ3n) is 3.41. The molecule has 0 saturated carbocycles. The summed E-state index contributed by atoms with van der Waals surface area (Å²) < 4.78 is 0. The van der Waals surface area contributed by atoms with Crippen LogP contribution in [-0.2, 0) is 13.0 Å². The average Bonchev–Trinajstić information content (AvgIpc) is 2.94. The lowest BCUT2D eigenvalue weighted by molar-refractivity contribution is 0.773. The first-order valence-electron chi connectivity index (χ1n) is 7.42. The molecule has 0 unspecified atom stereocenters. The lowest BCUT2D eigenvalue weighted by atomic mass is 10.2. The van der Waals surface area contributed by atoms with Gasteiger partial charge in [0.15, 0.2) is 0 Å². The zero-order valence-corrected chi connectivity index (χ0v) is 14.3. The smallest absolute Gasteiger partial charge is 0.135 e. The van der Waals surface area contributed by atoms with Gasteiger partial charge in [0.1, 0.15) is 17.5 Å². The fraction of sp³-hybridized carbons (Fsp3) is 0.500. The van der Waals surface area contributed by atoms with E-state index in [1.165, 1.54) is 9.75 Å². The molecule has 2 aromatic rings. The van der Waals surface area contributed by atoms with Gasteiger partial charge in [0, 0.05) is 28.3 Å². The van der Waals surface area contributed by atoms with Gasteiger partial charge in [0.2, 0.25) is 0 Å². The number of anilines is 2. The molecule has 0 fully saturated rings. The van der Waals surface area contributed by atoms with Crippen molar-refractivity contribution in [2.45, 2.75) is 46.6 Å². The molecule has 4 nitrogen and oxygen atoms in total. The van der Waals surface area contributed by atoms with Gasteiger partial charge in [0.05, 0.1) is 6.54 Å². The van der Waals surface area contributed by atoms with Crippen LogP contribution < -0.4 is 10.6 Å². The van der Waals surface area contributed by atoms with Crippen molar-refractivity contribution < 1.29 is 0 Å². The molecule has 0 atom stereocenters. The first kappa shape index (κ1) is 15.8. The maximum atomic E-state index is 4.66. The number of hydrogen-bond donors (Lipinski definition) is 2. The van der Waals surface area contributed by atoms with E-state index >= 15 is 0 Å². The van der Waals surface area contributed by atoms with E-state index in [4.69, 9.17) is 0 Å². The fourth-order valence-corrected chi connectivity index (χ4v) is 2.98. The van der Waals surface area contributed by atoms with Crippen LogP contribution in [0.2, 0.25) is 0 Å². The van der Waals surface area contributed by atoms with E-state index in [2.05, 4.69) is 53.5 Å². The quantitative estimate of drug-likeness (QED) is 0.840. The summed E-state index contributed by atoms with van der Waals surface area (Å²) in [5.74, 6) is 3.00. The molecule has 0 bridgehead atoms. The fourth-order valence-electron chi connectivity index (χ4n) is 2.09. The number of aryl methyl sites for hydroxylation is 1. The zero-order valence-electron chi connectivity index (χ0n) is 13.4. The van der Waals surface area contributed by atoms with E-state index < -0.39 is 0 Å². The highest BCUT2D eigenvalue weighted by Gasteiger charge is 2.12. The molecule has 2 N–H and O–H groups in total. The summed E-state index contributed by atoms with van der Waals surface area (Å²) >= 11 is 1.86. The van der Waals surface area contributed by atoms with E-state index in [1.807, 2.05) is 25.3 Å². The van der Waals surface area contributed by atoms with Gasteiger partial charge in [-0.25, -0.2) is 9.97 Å². The van der Waals surface area contributed by atoms with E-state index in [9.17, 15) is 0 Å². The highest BCUT2D eigenvalue weighted by Crippen LogP contribution is 2.24. The number of thiophene rings is 1. The zero-order chi connectivity index (χ0) is 15.4. The Balaban J connectivity index is 2.20. The van der Waals surface area contributed by atoms with Crippen molar-refractivity contribution in [2.75, 3.05) is 17.7 Å². The van der Waals surface area contributed by atoms with Crippen molar-refractivity contribution in [2.24, 2.45) is 0 Å². The Kier molecular flexibility index (Phi) is 5.17. The predicted molar refractivity (Wildman–Crippen MR) is 91.4 cm³/mol. The standard InChI is InChI=1S/C16H24N4S/c1-6-12-7-8-13(21-12)9-18-16-11(4)15(17-5)19-14(20-16)10(2)3/h7-8,10H,6,9H2,1-5H3,(H2,17,18,19,20).